The molecule has 15 heavy (non-hydrogen) atoms. The van der Waals surface area contributed by atoms with E-state index in [2.05, 4.69) is 44.8 Å². The van der Waals surface area contributed by atoms with Crippen LogP contribution in [0.4, 0.5) is 0 Å². The monoisotopic (exact) mass is 212 g/mol. The topological polar surface area (TPSA) is 15.3 Å². The van der Waals surface area contributed by atoms with Crippen molar-refractivity contribution < 1.29 is 0 Å². The van der Waals surface area contributed by atoms with Crippen LogP contribution in [0.5, 0.6) is 0 Å². The van der Waals surface area contributed by atoms with Crippen LogP contribution in [-0.2, 0) is 0 Å². The quantitative estimate of drug-likeness (QED) is 0.772. The second-order valence-electron chi connectivity index (χ2n) is 6.09. The zero-order valence-corrected chi connectivity index (χ0v) is 11.1. The molecule has 0 amide bonds. The van der Waals surface area contributed by atoms with Crippen molar-refractivity contribution in [3.63, 3.8) is 0 Å². The molecule has 1 heterocycles. The fourth-order valence-electron chi connectivity index (χ4n) is 1.99. The Balaban J connectivity index is 2.38. The van der Waals surface area contributed by atoms with E-state index in [9.17, 15) is 0 Å². The van der Waals surface area contributed by atoms with Gasteiger partial charge in [0.2, 0.25) is 0 Å². The minimum Gasteiger partial charge on any atom is -0.311 e. The third kappa shape index (κ3) is 4.12. The Bertz CT molecular complexity index is 183. The van der Waals surface area contributed by atoms with Crippen molar-refractivity contribution >= 4 is 0 Å². The molecule has 0 aromatic heterocycles. The van der Waals surface area contributed by atoms with Gasteiger partial charge in [-0.3, -0.25) is 0 Å². The van der Waals surface area contributed by atoms with Crippen LogP contribution in [0.25, 0.3) is 0 Å². The second-order valence-corrected chi connectivity index (χ2v) is 6.09. The third-order valence-corrected chi connectivity index (χ3v) is 3.84. The summed E-state index contributed by atoms with van der Waals surface area (Å²) < 4.78 is 0. The number of piperazine rings is 1. The van der Waals surface area contributed by atoms with Crippen LogP contribution in [-0.4, -0.2) is 37.1 Å². The molecule has 0 aromatic rings. The number of nitrogens with one attached hydrogen (secondary N) is 1. The summed E-state index contributed by atoms with van der Waals surface area (Å²) in [6, 6.07) is 0.714. The lowest BCUT2D eigenvalue weighted by molar-refractivity contribution is 0.129. The van der Waals surface area contributed by atoms with Crippen molar-refractivity contribution in [1.82, 2.24) is 10.2 Å². The minimum atomic E-state index is 0.437. The van der Waals surface area contributed by atoms with E-state index in [0.717, 1.165) is 12.5 Å². The van der Waals surface area contributed by atoms with E-state index >= 15 is 0 Å². The summed E-state index contributed by atoms with van der Waals surface area (Å²) in [5.41, 5.74) is 0.437. The predicted molar refractivity (Wildman–Crippen MR) is 67.1 cm³/mol. The average Bonchev–Trinajstić information content (AvgIpc) is 2.16. The van der Waals surface area contributed by atoms with Gasteiger partial charge in [-0.05, 0) is 17.8 Å². The first-order valence-corrected chi connectivity index (χ1v) is 6.39. The van der Waals surface area contributed by atoms with E-state index in [1.54, 1.807) is 0 Å². The van der Waals surface area contributed by atoms with Gasteiger partial charge in [-0.25, -0.2) is 0 Å². The first-order valence-electron chi connectivity index (χ1n) is 6.39. The van der Waals surface area contributed by atoms with Gasteiger partial charge in [-0.15, -0.1) is 0 Å². The van der Waals surface area contributed by atoms with Gasteiger partial charge in [-0.1, -0.05) is 34.6 Å². The summed E-state index contributed by atoms with van der Waals surface area (Å²) >= 11 is 0. The van der Waals surface area contributed by atoms with E-state index in [1.807, 2.05) is 0 Å². The fraction of sp³-hybridized carbons (Fsp3) is 1.00. The molecule has 0 radical (unpaired) electrons. The lowest BCUT2D eigenvalue weighted by Crippen LogP contribution is -2.52. The molecule has 0 aliphatic carbocycles. The minimum absolute atomic E-state index is 0.437. The predicted octanol–water partition coefficient (Wildman–Crippen LogP) is 2.35. The van der Waals surface area contributed by atoms with Gasteiger partial charge < -0.3 is 10.2 Å². The van der Waals surface area contributed by atoms with Crippen LogP contribution in [0.1, 0.15) is 41.0 Å². The zero-order chi connectivity index (χ0) is 11.5. The Kier molecular flexibility index (Phi) is 4.60. The largest absolute Gasteiger partial charge is 0.311 e. The highest BCUT2D eigenvalue weighted by Gasteiger charge is 2.25. The van der Waals surface area contributed by atoms with Crippen molar-refractivity contribution in [2.75, 3.05) is 26.2 Å². The van der Waals surface area contributed by atoms with Crippen molar-refractivity contribution in [3.05, 3.63) is 0 Å². The molecule has 1 saturated heterocycles. The third-order valence-electron chi connectivity index (χ3n) is 3.84. The van der Waals surface area contributed by atoms with Crippen LogP contribution in [0, 0.1) is 11.3 Å². The molecular formula is C13H28N2. The number of rotatable bonds is 3. The molecule has 1 fully saturated rings. The molecule has 0 aromatic carbocycles. The highest BCUT2D eigenvalue weighted by Crippen LogP contribution is 2.26. The van der Waals surface area contributed by atoms with Crippen molar-refractivity contribution in [2.45, 2.75) is 47.1 Å². The lowest BCUT2D eigenvalue weighted by atomic mass is 9.81. The Hall–Kier alpha value is -0.0800. The second kappa shape index (κ2) is 5.31. The van der Waals surface area contributed by atoms with Gasteiger partial charge in [0.1, 0.15) is 0 Å². The van der Waals surface area contributed by atoms with Crippen LogP contribution in [0.3, 0.4) is 0 Å². The Morgan fingerprint density at radius 1 is 1.40 bits per heavy atom. The Morgan fingerprint density at radius 3 is 2.60 bits per heavy atom. The van der Waals surface area contributed by atoms with Crippen LogP contribution < -0.4 is 5.32 Å². The van der Waals surface area contributed by atoms with E-state index in [1.165, 1.54) is 26.1 Å². The average molecular weight is 212 g/mol. The van der Waals surface area contributed by atoms with E-state index in [4.69, 9.17) is 0 Å². The van der Waals surface area contributed by atoms with Crippen LogP contribution in [0.15, 0.2) is 0 Å². The molecule has 0 bridgehead atoms. The molecule has 1 N–H and O–H groups in total. The maximum absolute atomic E-state index is 3.57. The maximum Gasteiger partial charge on any atom is 0.0192 e. The molecule has 2 atom stereocenters. The van der Waals surface area contributed by atoms with Gasteiger partial charge in [-0.2, -0.15) is 0 Å². The number of hydrogen-bond acceptors (Lipinski definition) is 2. The summed E-state index contributed by atoms with van der Waals surface area (Å²) in [5, 5.41) is 3.57. The van der Waals surface area contributed by atoms with Crippen molar-refractivity contribution in [3.8, 4) is 0 Å². The fourth-order valence-corrected chi connectivity index (χ4v) is 1.99. The smallest absolute Gasteiger partial charge is 0.0192 e. The molecule has 0 spiro atoms. The molecule has 1 aliphatic heterocycles. The Labute approximate surface area is 95.4 Å². The molecule has 1 rings (SSSR count). The van der Waals surface area contributed by atoms with Crippen molar-refractivity contribution in [1.29, 1.82) is 0 Å². The summed E-state index contributed by atoms with van der Waals surface area (Å²) in [4.78, 5) is 2.63. The highest BCUT2D eigenvalue weighted by atomic mass is 15.2. The SMILES string of the molecule is CCC1CN(CC(C)C(C)(C)C)CCN1. The highest BCUT2D eigenvalue weighted by molar-refractivity contribution is 4.81. The standard InChI is InChI=1S/C13H28N2/c1-6-12-10-15(8-7-14-12)9-11(2)13(3,4)5/h11-12,14H,6-10H2,1-5H3. The van der Waals surface area contributed by atoms with E-state index in [0.29, 0.717) is 11.5 Å². The van der Waals surface area contributed by atoms with Gasteiger partial charge in [0.15, 0.2) is 0 Å². The van der Waals surface area contributed by atoms with Gasteiger partial charge in [0.05, 0.1) is 0 Å². The number of hydrogen-bond donors (Lipinski definition) is 1. The Morgan fingerprint density at radius 2 is 2.07 bits per heavy atom. The van der Waals surface area contributed by atoms with E-state index < -0.39 is 0 Å². The first kappa shape index (κ1) is 13.0. The summed E-state index contributed by atoms with van der Waals surface area (Å²) in [6.07, 6.45) is 1.25. The van der Waals surface area contributed by atoms with Crippen molar-refractivity contribution in [2.24, 2.45) is 11.3 Å². The molecule has 2 heteroatoms. The molecule has 0 saturated carbocycles. The number of nitrogens with zero attached hydrogens (tertiary/aromatic N) is 1. The summed E-state index contributed by atoms with van der Waals surface area (Å²) in [5.74, 6) is 0.771. The molecule has 2 unspecified atom stereocenters. The van der Waals surface area contributed by atoms with E-state index in [-0.39, 0.29) is 0 Å². The van der Waals surface area contributed by atoms with Crippen LogP contribution in [0.2, 0.25) is 0 Å². The zero-order valence-electron chi connectivity index (χ0n) is 11.1. The molecule has 1 aliphatic rings. The normalized spacial score (nSPS) is 26.6. The van der Waals surface area contributed by atoms with Gasteiger partial charge >= 0.3 is 0 Å². The molecular weight excluding hydrogens is 184 g/mol. The van der Waals surface area contributed by atoms with Gasteiger partial charge in [0, 0.05) is 32.2 Å². The summed E-state index contributed by atoms with van der Waals surface area (Å²) in [7, 11) is 0. The van der Waals surface area contributed by atoms with Gasteiger partial charge in [0.25, 0.3) is 0 Å². The maximum atomic E-state index is 3.57. The molecule has 2 nitrogen and oxygen atoms in total. The van der Waals surface area contributed by atoms with Crippen LogP contribution >= 0.6 is 0 Å². The lowest BCUT2D eigenvalue weighted by Gasteiger charge is -2.38. The first-order chi connectivity index (χ1) is 6.93. The summed E-state index contributed by atoms with van der Waals surface area (Å²) in [6.45, 7) is 16.5. The molecule has 90 valence electrons.